The number of methoxy groups -OCH3 is 1. The Hall–Kier alpha value is -4.02. The molecule has 0 aromatic heterocycles. The van der Waals surface area contributed by atoms with Gasteiger partial charge in [-0.1, -0.05) is 31.5 Å². The second-order valence-electron chi connectivity index (χ2n) is 8.16. The number of hydrogen-bond acceptors (Lipinski definition) is 4. The number of carbonyl (C=O) groups is 3. The van der Waals surface area contributed by atoms with Crippen LogP contribution >= 0.6 is 0 Å². The number of nitrogens with one attached hydrogen (secondary N) is 3. The maximum Gasteiger partial charge on any atom is 0.416 e. The molecule has 3 rings (SSSR count). The number of carbonyl (C=O) groups excluding carboxylic acids is 3. The molecule has 2 aromatic carbocycles. The number of benzene rings is 2. The molecule has 36 heavy (non-hydrogen) atoms. The van der Waals surface area contributed by atoms with Crippen molar-refractivity contribution >= 4 is 29.4 Å². The number of hydrogen-bond donors (Lipinski definition) is 3. The summed E-state index contributed by atoms with van der Waals surface area (Å²) < 4.78 is 43.8. The van der Waals surface area contributed by atoms with Crippen molar-refractivity contribution in [2.45, 2.75) is 38.9 Å². The Bertz CT molecular complexity index is 1180. The SMILES string of the molecule is CCCCN1C(=O)N[C@H](c2cccc(NC(=O)Nc3cccc(C(F)(F)F)c3)c2)C(C(=O)OC)=C1C. The summed E-state index contributed by atoms with van der Waals surface area (Å²) in [6.07, 6.45) is -2.92. The molecule has 0 aliphatic carbocycles. The van der Waals surface area contributed by atoms with E-state index in [0.717, 1.165) is 25.0 Å². The number of unbranched alkanes of at least 4 members (excludes halogenated alkanes) is 1. The van der Waals surface area contributed by atoms with E-state index in [0.29, 0.717) is 23.5 Å². The number of rotatable bonds is 7. The number of halogens is 3. The summed E-state index contributed by atoms with van der Waals surface area (Å²) in [5.41, 5.74) is 0.637. The van der Waals surface area contributed by atoms with Gasteiger partial charge in [-0.3, -0.25) is 4.90 Å². The zero-order chi connectivity index (χ0) is 26.5. The minimum Gasteiger partial charge on any atom is -0.466 e. The smallest absolute Gasteiger partial charge is 0.416 e. The van der Waals surface area contributed by atoms with Crippen LogP contribution in [0.15, 0.2) is 59.8 Å². The lowest BCUT2D eigenvalue weighted by Crippen LogP contribution is -2.48. The standard InChI is InChI=1S/C25H27F3N4O4/c1-4-5-12-32-15(2)20(22(33)36-3)21(31-24(32)35)16-8-6-10-18(13-16)29-23(34)30-19-11-7-9-17(14-19)25(26,27)28/h6-11,13-14,21H,4-5,12H2,1-3H3,(H,31,35)(H2,29,30,34)/t21-/m1/s1. The van der Waals surface area contributed by atoms with Gasteiger partial charge >= 0.3 is 24.2 Å². The molecular weight excluding hydrogens is 477 g/mol. The molecule has 3 N–H and O–H groups in total. The Balaban J connectivity index is 1.83. The number of anilines is 2. The first-order valence-electron chi connectivity index (χ1n) is 11.3. The quantitative estimate of drug-likeness (QED) is 0.424. The Morgan fingerprint density at radius 2 is 1.72 bits per heavy atom. The highest BCUT2D eigenvalue weighted by molar-refractivity contribution is 6.00. The molecule has 4 amide bonds. The highest BCUT2D eigenvalue weighted by Crippen LogP contribution is 2.33. The van der Waals surface area contributed by atoms with E-state index < -0.39 is 29.8 Å². The van der Waals surface area contributed by atoms with E-state index in [2.05, 4.69) is 16.0 Å². The Morgan fingerprint density at radius 1 is 1.08 bits per heavy atom. The molecule has 0 saturated carbocycles. The van der Waals surface area contributed by atoms with Crippen molar-refractivity contribution in [2.75, 3.05) is 24.3 Å². The van der Waals surface area contributed by atoms with Gasteiger partial charge in [0.1, 0.15) is 0 Å². The molecule has 1 heterocycles. The lowest BCUT2D eigenvalue weighted by atomic mass is 9.94. The number of esters is 1. The van der Waals surface area contributed by atoms with Crippen LogP contribution in [-0.4, -0.2) is 36.6 Å². The molecule has 1 aliphatic rings. The molecule has 0 fully saturated rings. The van der Waals surface area contributed by atoms with Crippen LogP contribution in [0.4, 0.5) is 34.1 Å². The van der Waals surface area contributed by atoms with Gasteiger partial charge in [-0.05, 0) is 49.2 Å². The highest BCUT2D eigenvalue weighted by Gasteiger charge is 2.36. The van der Waals surface area contributed by atoms with Gasteiger partial charge in [-0.25, -0.2) is 14.4 Å². The maximum atomic E-state index is 12.9. The van der Waals surface area contributed by atoms with E-state index in [1.54, 1.807) is 31.2 Å². The molecule has 0 saturated heterocycles. The van der Waals surface area contributed by atoms with E-state index in [-0.39, 0.29) is 17.3 Å². The summed E-state index contributed by atoms with van der Waals surface area (Å²) in [5.74, 6) is -0.598. The van der Waals surface area contributed by atoms with Crippen LogP contribution in [0.1, 0.15) is 43.9 Å². The van der Waals surface area contributed by atoms with Crippen LogP contribution in [-0.2, 0) is 15.7 Å². The van der Waals surface area contributed by atoms with E-state index in [9.17, 15) is 27.6 Å². The summed E-state index contributed by atoms with van der Waals surface area (Å²) in [5, 5.41) is 7.75. The minimum absolute atomic E-state index is 0.0308. The zero-order valence-corrected chi connectivity index (χ0v) is 20.0. The third kappa shape index (κ3) is 6.15. The summed E-state index contributed by atoms with van der Waals surface area (Å²) >= 11 is 0. The fourth-order valence-corrected chi connectivity index (χ4v) is 3.85. The number of allylic oxidation sites excluding steroid dienone is 1. The van der Waals surface area contributed by atoms with Gasteiger partial charge in [-0.2, -0.15) is 13.2 Å². The van der Waals surface area contributed by atoms with Crippen LogP contribution < -0.4 is 16.0 Å². The number of urea groups is 2. The largest absolute Gasteiger partial charge is 0.466 e. The number of nitrogens with zero attached hydrogens (tertiary/aromatic N) is 1. The van der Waals surface area contributed by atoms with Crippen LogP contribution in [0, 0.1) is 0 Å². The first-order valence-corrected chi connectivity index (χ1v) is 11.3. The summed E-state index contributed by atoms with van der Waals surface area (Å²) in [6.45, 7) is 4.11. The van der Waals surface area contributed by atoms with Crippen molar-refractivity contribution in [2.24, 2.45) is 0 Å². The summed E-state index contributed by atoms with van der Waals surface area (Å²) in [6, 6.07) is 8.75. The van der Waals surface area contributed by atoms with E-state index >= 15 is 0 Å². The fourth-order valence-electron chi connectivity index (χ4n) is 3.85. The maximum absolute atomic E-state index is 12.9. The molecule has 2 aromatic rings. The molecule has 0 unspecified atom stereocenters. The molecular formula is C25H27F3N4O4. The monoisotopic (exact) mass is 504 g/mol. The third-order valence-corrected chi connectivity index (χ3v) is 5.66. The third-order valence-electron chi connectivity index (χ3n) is 5.66. The van der Waals surface area contributed by atoms with Gasteiger partial charge in [0.2, 0.25) is 0 Å². The second kappa shape index (κ2) is 11.1. The highest BCUT2D eigenvalue weighted by atomic mass is 19.4. The molecule has 8 nitrogen and oxygen atoms in total. The van der Waals surface area contributed by atoms with Gasteiger partial charge in [0.05, 0.1) is 24.3 Å². The second-order valence-corrected chi connectivity index (χ2v) is 8.16. The summed E-state index contributed by atoms with van der Waals surface area (Å²) in [7, 11) is 1.25. The van der Waals surface area contributed by atoms with E-state index in [4.69, 9.17) is 4.74 Å². The van der Waals surface area contributed by atoms with Crippen molar-refractivity contribution in [3.63, 3.8) is 0 Å². The van der Waals surface area contributed by atoms with Gasteiger partial charge < -0.3 is 20.7 Å². The van der Waals surface area contributed by atoms with Gasteiger partial charge in [0.25, 0.3) is 0 Å². The number of amides is 4. The van der Waals surface area contributed by atoms with E-state index in [1.807, 2.05) is 6.92 Å². The Kier molecular flexibility index (Phi) is 8.23. The van der Waals surface area contributed by atoms with Gasteiger partial charge in [-0.15, -0.1) is 0 Å². The summed E-state index contributed by atoms with van der Waals surface area (Å²) in [4.78, 5) is 39.3. The predicted molar refractivity (Wildman–Crippen MR) is 128 cm³/mol. The zero-order valence-electron chi connectivity index (χ0n) is 20.0. The van der Waals surface area contributed by atoms with Crippen LogP contribution in [0.5, 0.6) is 0 Å². The van der Waals surface area contributed by atoms with Crippen molar-refractivity contribution in [3.05, 3.63) is 70.9 Å². The predicted octanol–water partition coefficient (Wildman–Crippen LogP) is 5.66. The number of ether oxygens (including phenoxy) is 1. The number of alkyl halides is 3. The van der Waals surface area contributed by atoms with Gasteiger partial charge in [0, 0.05) is 23.6 Å². The van der Waals surface area contributed by atoms with Crippen LogP contribution in [0.3, 0.4) is 0 Å². The first-order chi connectivity index (χ1) is 17.0. The Morgan fingerprint density at radius 3 is 2.33 bits per heavy atom. The van der Waals surface area contributed by atoms with E-state index in [1.165, 1.54) is 24.1 Å². The molecule has 0 spiro atoms. The minimum atomic E-state index is -4.54. The lowest BCUT2D eigenvalue weighted by molar-refractivity contribution is -0.138. The normalized spacial score (nSPS) is 15.9. The first kappa shape index (κ1) is 26.6. The molecule has 0 radical (unpaired) electrons. The average molecular weight is 505 g/mol. The molecule has 1 aliphatic heterocycles. The molecule has 0 bridgehead atoms. The van der Waals surface area contributed by atoms with Crippen molar-refractivity contribution in [3.8, 4) is 0 Å². The van der Waals surface area contributed by atoms with Crippen molar-refractivity contribution < 1.29 is 32.3 Å². The topological polar surface area (TPSA) is 99.8 Å². The fraction of sp³-hybridized carbons (Fsp3) is 0.320. The van der Waals surface area contributed by atoms with Crippen molar-refractivity contribution in [1.82, 2.24) is 10.2 Å². The van der Waals surface area contributed by atoms with Crippen LogP contribution in [0.25, 0.3) is 0 Å². The molecule has 11 heteroatoms. The van der Waals surface area contributed by atoms with Crippen molar-refractivity contribution in [1.29, 1.82) is 0 Å². The van der Waals surface area contributed by atoms with Gasteiger partial charge in [0.15, 0.2) is 0 Å². The molecule has 1 atom stereocenters. The Labute approximate surface area is 206 Å². The molecule has 192 valence electrons. The lowest BCUT2D eigenvalue weighted by Gasteiger charge is -2.35. The van der Waals surface area contributed by atoms with Crippen LogP contribution in [0.2, 0.25) is 0 Å². The average Bonchev–Trinajstić information content (AvgIpc) is 2.83.